The topological polar surface area (TPSA) is 33.2 Å². The Morgan fingerprint density at radius 1 is 1.26 bits per heavy atom. The van der Waals surface area contributed by atoms with Crippen molar-refractivity contribution in [3.8, 4) is 0 Å². The summed E-state index contributed by atoms with van der Waals surface area (Å²) in [4.78, 5) is 19.5. The minimum absolute atomic E-state index is 0.00130. The van der Waals surface area contributed by atoms with Crippen LogP contribution in [0.5, 0.6) is 0 Å². The van der Waals surface area contributed by atoms with Crippen molar-refractivity contribution in [3.05, 3.63) is 48.3 Å². The molecule has 3 heteroatoms. The van der Waals surface area contributed by atoms with Gasteiger partial charge in [0.05, 0.1) is 0 Å². The monoisotopic (exact) mass is 308 g/mol. The van der Waals surface area contributed by atoms with Gasteiger partial charge in [-0.25, -0.2) is 4.98 Å². The van der Waals surface area contributed by atoms with Crippen LogP contribution in [0.25, 0.3) is 10.8 Å². The lowest BCUT2D eigenvalue weighted by Gasteiger charge is -2.29. The van der Waals surface area contributed by atoms with E-state index in [0.717, 1.165) is 48.0 Å². The Balaban J connectivity index is 2.13. The number of nitrogens with zero attached hydrogens (tertiary/aromatic N) is 2. The summed E-state index contributed by atoms with van der Waals surface area (Å²) in [7, 11) is 0. The molecule has 2 aromatic rings. The highest BCUT2D eigenvalue weighted by Gasteiger charge is 2.27. The lowest BCUT2D eigenvalue weighted by molar-refractivity contribution is -0.121. The molecule has 0 saturated carbocycles. The molecule has 1 aromatic carbocycles. The number of pyridine rings is 1. The molecule has 0 N–H and O–H groups in total. The molecule has 1 aromatic heterocycles. The van der Waals surface area contributed by atoms with Gasteiger partial charge in [0.1, 0.15) is 5.82 Å². The fraction of sp³-hybridized carbons (Fsp3) is 0.400. The van der Waals surface area contributed by atoms with E-state index >= 15 is 0 Å². The maximum atomic E-state index is 13.1. The van der Waals surface area contributed by atoms with Crippen LogP contribution in [0, 0.1) is 5.92 Å². The maximum absolute atomic E-state index is 13.1. The Morgan fingerprint density at radius 3 is 2.83 bits per heavy atom. The Bertz CT molecular complexity index is 730. The molecule has 0 spiro atoms. The van der Waals surface area contributed by atoms with Crippen molar-refractivity contribution in [2.24, 2.45) is 5.92 Å². The van der Waals surface area contributed by atoms with Crippen LogP contribution >= 0.6 is 0 Å². The lowest BCUT2D eigenvalue weighted by Crippen LogP contribution is -2.35. The van der Waals surface area contributed by atoms with Gasteiger partial charge in [0.2, 0.25) is 5.91 Å². The van der Waals surface area contributed by atoms with E-state index in [9.17, 15) is 4.79 Å². The highest BCUT2D eigenvalue weighted by atomic mass is 16.2. The number of benzene rings is 1. The second kappa shape index (κ2) is 6.95. The normalized spacial score (nSPS) is 16.0. The Morgan fingerprint density at radius 2 is 2.09 bits per heavy atom. The van der Waals surface area contributed by atoms with Crippen LogP contribution in [-0.4, -0.2) is 10.9 Å². The first-order valence-electron chi connectivity index (χ1n) is 8.59. The number of carbonyl (C=O) groups excluding carboxylic acids is 1. The predicted octanol–water partition coefficient (Wildman–Crippen LogP) is 5.07. The van der Waals surface area contributed by atoms with Crippen LogP contribution in [-0.2, 0) is 4.79 Å². The molecular weight excluding hydrogens is 284 g/mol. The molecule has 0 saturated heterocycles. The van der Waals surface area contributed by atoms with E-state index < -0.39 is 0 Å². The van der Waals surface area contributed by atoms with E-state index in [1.807, 2.05) is 30.0 Å². The smallest absolute Gasteiger partial charge is 0.235 e. The van der Waals surface area contributed by atoms with Crippen LogP contribution in [0.1, 0.15) is 46.0 Å². The van der Waals surface area contributed by atoms with Crippen LogP contribution in [0.2, 0.25) is 0 Å². The fourth-order valence-electron chi connectivity index (χ4n) is 3.08. The van der Waals surface area contributed by atoms with Gasteiger partial charge in [0.15, 0.2) is 0 Å². The molecule has 1 atom stereocenters. The van der Waals surface area contributed by atoms with Crippen molar-refractivity contribution >= 4 is 22.5 Å². The van der Waals surface area contributed by atoms with Crippen LogP contribution in [0.3, 0.4) is 0 Å². The number of rotatable bonds is 4. The summed E-state index contributed by atoms with van der Waals surface area (Å²) in [5, 5.41) is 2.16. The molecule has 1 heterocycles. The number of amides is 1. The zero-order chi connectivity index (χ0) is 16.2. The van der Waals surface area contributed by atoms with E-state index in [-0.39, 0.29) is 11.8 Å². The zero-order valence-electron chi connectivity index (χ0n) is 14.0. The molecule has 120 valence electrons. The van der Waals surface area contributed by atoms with Gasteiger partial charge >= 0.3 is 0 Å². The van der Waals surface area contributed by atoms with Gasteiger partial charge in [0.25, 0.3) is 0 Å². The van der Waals surface area contributed by atoms with E-state index in [1.54, 1.807) is 6.20 Å². The van der Waals surface area contributed by atoms with E-state index in [0.29, 0.717) is 0 Å². The number of fused-ring (bicyclic) bond motifs is 1. The van der Waals surface area contributed by atoms with Gasteiger partial charge in [-0.15, -0.1) is 0 Å². The predicted molar refractivity (Wildman–Crippen MR) is 95.2 cm³/mol. The second-order valence-corrected chi connectivity index (χ2v) is 6.28. The Labute approximate surface area is 138 Å². The summed E-state index contributed by atoms with van der Waals surface area (Å²) in [5.74, 6) is 0.935. The number of carbonyl (C=O) groups is 1. The van der Waals surface area contributed by atoms with E-state index in [1.165, 1.54) is 6.42 Å². The molecule has 23 heavy (non-hydrogen) atoms. The average Bonchev–Trinajstić information content (AvgIpc) is 2.62. The summed E-state index contributed by atoms with van der Waals surface area (Å²) >= 11 is 0. The van der Waals surface area contributed by atoms with Crippen molar-refractivity contribution in [1.82, 2.24) is 4.98 Å². The SMILES string of the molecule is CCC(C)C(=O)N(C1=CCCCC1)c1nccc2ccccc12. The third-order valence-electron chi connectivity index (χ3n) is 4.67. The van der Waals surface area contributed by atoms with Gasteiger partial charge in [0, 0.05) is 23.2 Å². The first kappa shape index (κ1) is 15.7. The van der Waals surface area contributed by atoms with Crippen molar-refractivity contribution in [1.29, 1.82) is 0 Å². The molecule has 1 amide bonds. The number of hydrogen-bond donors (Lipinski definition) is 0. The van der Waals surface area contributed by atoms with Crippen LogP contribution in [0.4, 0.5) is 5.82 Å². The van der Waals surface area contributed by atoms with E-state index in [2.05, 4.69) is 30.1 Å². The number of allylic oxidation sites excluding steroid dienone is 2. The Kier molecular flexibility index (Phi) is 4.75. The molecule has 1 aliphatic rings. The Hall–Kier alpha value is -2.16. The largest absolute Gasteiger partial charge is 0.274 e. The quantitative estimate of drug-likeness (QED) is 0.790. The minimum atomic E-state index is -0.00130. The number of hydrogen-bond acceptors (Lipinski definition) is 2. The number of anilines is 1. The van der Waals surface area contributed by atoms with Gasteiger partial charge in [-0.05, 0) is 43.6 Å². The van der Waals surface area contributed by atoms with E-state index in [4.69, 9.17) is 0 Å². The molecule has 0 radical (unpaired) electrons. The highest BCUT2D eigenvalue weighted by Crippen LogP contribution is 2.32. The van der Waals surface area contributed by atoms with Crippen molar-refractivity contribution in [2.45, 2.75) is 46.0 Å². The third kappa shape index (κ3) is 3.14. The standard InChI is InChI=1S/C20H24N2O/c1-3-15(2)20(23)22(17-10-5-4-6-11-17)19-18-12-8-7-9-16(18)13-14-21-19/h7-10,12-15H,3-6,11H2,1-2H3. The lowest BCUT2D eigenvalue weighted by atomic mass is 10.0. The molecule has 1 unspecified atom stereocenters. The van der Waals surface area contributed by atoms with Gasteiger partial charge < -0.3 is 0 Å². The minimum Gasteiger partial charge on any atom is -0.274 e. The summed E-state index contributed by atoms with van der Waals surface area (Å²) in [5.41, 5.74) is 1.12. The number of aromatic nitrogens is 1. The van der Waals surface area contributed by atoms with Crippen molar-refractivity contribution in [2.75, 3.05) is 4.90 Å². The van der Waals surface area contributed by atoms with Crippen molar-refractivity contribution in [3.63, 3.8) is 0 Å². The van der Waals surface area contributed by atoms with Crippen molar-refractivity contribution < 1.29 is 4.79 Å². The first-order valence-corrected chi connectivity index (χ1v) is 8.59. The molecule has 3 nitrogen and oxygen atoms in total. The molecule has 0 aliphatic heterocycles. The van der Waals surface area contributed by atoms with Crippen LogP contribution < -0.4 is 4.90 Å². The fourth-order valence-corrected chi connectivity index (χ4v) is 3.08. The van der Waals surface area contributed by atoms with Gasteiger partial charge in [-0.1, -0.05) is 44.2 Å². The summed E-state index contributed by atoms with van der Waals surface area (Å²) in [6.07, 6.45) is 9.20. The van der Waals surface area contributed by atoms with Crippen LogP contribution in [0.15, 0.2) is 48.3 Å². The molecule has 0 bridgehead atoms. The van der Waals surface area contributed by atoms with Gasteiger partial charge in [-0.3, -0.25) is 9.69 Å². The summed E-state index contributed by atoms with van der Waals surface area (Å²) in [6.45, 7) is 4.07. The summed E-state index contributed by atoms with van der Waals surface area (Å²) in [6, 6.07) is 10.2. The zero-order valence-corrected chi connectivity index (χ0v) is 14.0. The molecule has 1 aliphatic carbocycles. The third-order valence-corrected chi connectivity index (χ3v) is 4.67. The highest BCUT2D eigenvalue weighted by molar-refractivity contribution is 6.04. The summed E-state index contributed by atoms with van der Waals surface area (Å²) < 4.78 is 0. The first-order chi connectivity index (χ1) is 11.2. The average molecular weight is 308 g/mol. The second-order valence-electron chi connectivity index (χ2n) is 6.28. The maximum Gasteiger partial charge on any atom is 0.235 e. The van der Waals surface area contributed by atoms with Gasteiger partial charge in [-0.2, -0.15) is 0 Å². The molecule has 3 rings (SSSR count). The molecule has 0 fully saturated rings. The molecular formula is C20H24N2O.